The van der Waals surface area contributed by atoms with E-state index in [1.165, 1.54) is 0 Å². The molecule has 0 unspecified atom stereocenters. The summed E-state index contributed by atoms with van der Waals surface area (Å²) < 4.78 is 1.73. The maximum atomic E-state index is 9.03. The lowest BCUT2D eigenvalue weighted by Crippen LogP contribution is -2.01. The second kappa shape index (κ2) is 6.06. The van der Waals surface area contributed by atoms with Gasteiger partial charge in [0.15, 0.2) is 5.57 Å². The number of aryl methyl sites for hydroxylation is 1. The summed E-state index contributed by atoms with van der Waals surface area (Å²) in [6.45, 7) is 0. The van der Waals surface area contributed by atoms with Gasteiger partial charge >= 0.3 is 0 Å². The Morgan fingerprint density at radius 3 is 2.48 bits per heavy atom. The average Bonchev–Trinajstić information content (AvgIpc) is 2.94. The van der Waals surface area contributed by atoms with Crippen molar-refractivity contribution < 1.29 is 0 Å². The molecule has 2 aromatic rings. The van der Waals surface area contributed by atoms with Crippen LogP contribution in [0.1, 0.15) is 0 Å². The van der Waals surface area contributed by atoms with Gasteiger partial charge in [-0.1, -0.05) is 12.1 Å². The van der Waals surface area contributed by atoms with Crippen molar-refractivity contribution in [2.45, 2.75) is 0 Å². The highest BCUT2D eigenvalue weighted by molar-refractivity contribution is 5.67. The van der Waals surface area contributed by atoms with Gasteiger partial charge in [0.1, 0.15) is 23.9 Å². The predicted octanol–water partition coefficient (Wildman–Crippen LogP) is 2.32. The first-order valence-corrected chi connectivity index (χ1v) is 5.99. The highest BCUT2D eigenvalue weighted by Crippen LogP contribution is 2.22. The normalized spacial score (nSPS) is 9.05. The Kier molecular flexibility index (Phi) is 4.00. The van der Waals surface area contributed by atoms with Crippen LogP contribution in [0.25, 0.3) is 11.3 Å². The number of aromatic nitrogens is 2. The number of allylic oxidation sites excluding steroid dienone is 2. The molecule has 0 bridgehead atoms. The van der Waals surface area contributed by atoms with Gasteiger partial charge in [-0.25, -0.2) is 0 Å². The molecule has 0 saturated heterocycles. The van der Waals surface area contributed by atoms with Crippen LogP contribution in [0.15, 0.2) is 47.8 Å². The molecule has 1 heterocycles. The third-order valence-corrected chi connectivity index (χ3v) is 2.83. The lowest BCUT2D eigenvalue weighted by Gasteiger charge is -2.07. The summed E-state index contributed by atoms with van der Waals surface area (Å²) in [5, 5.41) is 33.6. The zero-order valence-corrected chi connectivity index (χ0v) is 11.2. The van der Waals surface area contributed by atoms with Gasteiger partial charge in [-0.3, -0.25) is 4.68 Å². The second-order valence-corrected chi connectivity index (χ2v) is 4.13. The third-order valence-electron chi connectivity index (χ3n) is 2.83. The molecule has 6 heteroatoms. The number of rotatable bonds is 3. The van der Waals surface area contributed by atoms with Crippen LogP contribution in [-0.4, -0.2) is 9.78 Å². The fourth-order valence-electron chi connectivity index (χ4n) is 1.84. The Morgan fingerprint density at radius 1 is 1.14 bits per heavy atom. The summed E-state index contributed by atoms with van der Waals surface area (Å²) in [6, 6.07) is 14.4. The van der Waals surface area contributed by atoms with E-state index in [0.717, 1.165) is 11.3 Å². The molecule has 0 saturated carbocycles. The van der Waals surface area contributed by atoms with Gasteiger partial charge in [0, 0.05) is 24.5 Å². The van der Waals surface area contributed by atoms with Crippen LogP contribution < -0.4 is 5.32 Å². The summed E-state index contributed by atoms with van der Waals surface area (Å²) >= 11 is 0. The summed E-state index contributed by atoms with van der Waals surface area (Å²) in [5.41, 5.74) is 2.13. The quantitative estimate of drug-likeness (QED) is 0.865. The minimum atomic E-state index is -0.247. The molecular formula is C15H10N6. The predicted molar refractivity (Wildman–Crippen MR) is 76.1 cm³/mol. The molecule has 2 rings (SSSR count). The van der Waals surface area contributed by atoms with Gasteiger partial charge in [-0.2, -0.15) is 20.9 Å². The average molecular weight is 274 g/mol. The van der Waals surface area contributed by atoms with Crippen molar-refractivity contribution in [1.82, 2.24) is 9.78 Å². The molecule has 1 aromatic carbocycles. The topological polar surface area (TPSA) is 101 Å². The minimum absolute atomic E-state index is 0.0674. The number of benzene rings is 1. The maximum absolute atomic E-state index is 9.03. The number of nitrogens with zero attached hydrogens (tertiary/aromatic N) is 5. The van der Waals surface area contributed by atoms with E-state index >= 15 is 0 Å². The van der Waals surface area contributed by atoms with Crippen LogP contribution >= 0.6 is 0 Å². The Hall–Kier alpha value is -3.56. The van der Waals surface area contributed by atoms with E-state index in [2.05, 4.69) is 10.4 Å². The summed E-state index contributed by atoms with van der Waals surface area (Å²) in [5.74, 6) is 0. The van der Waals surface area contributed by atoms with Crippen LogP contribution in [0.3, 0.4) is 0 Å². The molecule has 0 spiro atoms. The SMILES string of the molecule is Cn1nccc1-c1cccc(NC(C#N)=C(C#N)C#N)c1. The van der Waals surface area contributed by atoms with Crippen LogP contribution in [-0.2, 0) is 7.05 Å². The van der Waals surface area contributed by atoms with Gasteiger partial charge in [0.25, 0.3) is 0 Å². The Bertz CT molecular complexity index is 807. The van der Waals surface area contributed by atoms with E-state index < -0.39 is 0 Å². The molecule has 1 N–H and O–H groups in total. The van der Waals surface area contributed by atoms with Gasteiger partial charge in [0.05, 0.1) is 5.69 Å². The Morgan fingerprint density at radius 2 is 1.90 bits per heavy atom. The standard InChI is InChI=1S/C15H10N6/c1-21-15(5-6-19-21)11-3-2-4-13(7-11)20-14(10-18)12(8-16)9-17/h2-7,20H,1H3. The lowest BCUT2D eigenvalue weighted by atomic mass is 10.1. The van der Waals surface area contributed by atoms with Crippen molar-refractivity contribution in [2.24, 2.45) is 7.05 Å². The van der Waals surface area contributed by atoms with E-state index in [-0.39, 0.29) is 11.3 Å². The molecule has 0 atom stereocenters. The van der Waals surface area contributed by atoms with E-state index in [4.69, 9.17) is 15.8 Å². The molecule has 0 fully saturated rings. The second-order valence-electron chi connectivity index (χ2n) is 4.13. The van der Waals surface area contributed by atoms with Gasteiger partial charge in [0.2, 0.25) is 0 Å². The first kappa shape index (κ1) is 13.9. The highest BCUT2D eigenvalue weighted by Gasteiger charge is 2.08. The fourth-order valence-corrected chi connectivity index (χ4v) is 1.84. The Balaban J connectivity index is 2.39. The van der Waals surface area contributed by atoms with E-state index in [1.54, 1.807) is 29.1 Å². The smallest absolute Gasteiger partial charge is 0.163 e. The summed E-state index contributed by atoms with van der Waals surface area (Å²) in [7, 11) is 1.83. The molecule has 0 aliphatic rings. The maximum Gasteiger partial charge on any atom is 0.163 e. The first-order valence-electron chi connectivity index (χ1n) is 5.99. The third kappa shape index (κ3) is 2.89. The molecule has 0 aliphatic heterocycles. The zero-order valence-electron chi connectivity index (χ0n) is 11.2. The number of nitrogens with one attached hydrogen (secondary N) is 1. The Labute approximate surface area is 121 Å². The number of hydrogen-bond acceptors (Lipinski definition) is 5. The van der Waals surface area contributed by atoms with Gasteiger partial charge in [-0.15, -0.1) is 0 Å². The zero-order chi connectivity index (χ0) is 15.2. The van der Waals surface area contributed by atoms with Crippen molar-refractivity contribution in [1.29, 1.82) is 15.8 Å². The fraction of sp³-hybridized carbons (Fsp3) is 0.0667. The van der Waals surface area contributed by atoms with Crippen molar-refractivity contribution in [2.75, 3.05) is 5.32 Å². The van der Waals surface area contributed by atoms with Crippen LogP contribution in [0.4, 0.5) is 5.69 Å². The van der Waals surface area contributed by atoms with E-state index in [0.29, 0.717) is 5.69 Å². The summed E-state index contributed by atoms with van der Waals surface area (Å²) in [6.07, 6.45) is 1.69. The molecule has 21 heavy (non-hydrogen) atoms. The molecular weight excluding hydrogens is 264 g/mol. The number of hydrogen-bond donors (Lipinski definition) is 1. The van der Waals surface area contributed by atoms with Crippen LogP contribution in [0.2, 0.25) is 0 Å². The van der Waals surface area contributed by atoms with Crippen molar-refractivity contribution >= 4 is 5.69 Å². The van der Waals surface area contributed by atoms with Crippen molar-refractivity contribution in [3.63, 3.8) is 0 Å². The summed E-state index contributed by atoms with van der Waals surface area (Å²) in [4.78, 5) is 0. The number of nitriles is 3. The molecule has 6 nitrogen and oxygen atoms in total. The molecule has 0 aliphatic carbocycles. The van der Waals surface area contributed by atoms with Gasteiger partial charge in [-0.05, 0) is 18.2 Å². The monoisotopic (exact) mass is 274 g/mol. The largest absolute Gasteiger partial charge is 0.345 e. The van der Waals surface area contributed by atoms with E-state index in [1.807, 2.05) is 37.4 Å². The molecule has 0 amide bonds. The minimum Gasteiger partial charge on any atom is -0.345 e. The molecule has 1 aromatic heterocycles. The lowest BCUT2D eigenvalue weighted by molar-refractivity contribution is 0.776. The van der Waals surface area contributed by atoms with Crippen LogP contribution in [0.5, 0.6) is 0 Å². The number of anilines is 1. The van der Waals surface area contributed by atoms with Gasteiger partial charge < -0.3 is 5.32 Å². The van der Waals surface area contributed by atoms with Crippen LogP contribution in [0, 0.1) is 34.0 Å². The van der Waals surface area contributed by atoms with Crippen molar-refractivity contribution in [3.05, 3.63) is 47.8 Å². The van der Waals surface area contributed by atoms with E-state index in [9.17, 15) is 0 Å². The highest BCUT2D eigenvalue weighted by atomic mass is 15.3. The molecule has 0 radical (unpaired) electrons. The first-order chi connectivity index (χ1) is 10.2. The van der Waals surface area contributed by atoms with Crippen molar-refractivity contribution in [3.8, 4) is 29.5 Å². The molecule has 100 valence electrons.